The number of benzene rings is 1. The first-order valence-electron chi connectivity index (χ1n) is 8.72. The zero-order valence-corrected chi connectivity index (χ0v) is 15.0. The van der Waals surface area contributed by atoms with E-state index in [0.29, 0.717) is 12.2 Å². The molecular formula is C21H15F3N4O. The summed E-state index contributed by atoms with van der Waals surface area (Å²) in [5, 5.41) is 7.27. The highest BCUT2D eigenvalue weighted by Gasteiger charge is 2.32. The smallest absolute Gasteiger partial charge is 0.381 e. The molecule has 8 heteroatoms. The summed E-state index contributed by atoms with van der Waals surface area (Å²) >= 11 is 0. The second kappa shape index (κ2) is 7.75. The fourth-order valence-corrected chi connectivity index (χ4v) is 2.75. The molecule has 29 heavy (non-hydrogen) atoms. The molecule has 5 nitrogen and oxygen atoms in total. The van der Waals surface area contributed by atoms with Crippen LogP contribution >= 0.6 is 0 Å². The van der Waals surface area contributed by atoms with Gasteiger partial charge in [-0.1, -0.05) is 23.4 Å². The number of rotatable bonds is 5. The van der Waals surface area contributed by atoms with Gasteiger partial charge in [0.05, 0.1) is 0 Å². The van der Waals surface area contributed by atoms with E-state index in [4.69, 9.17) is 4.52 Å². The van der Waals surface area contributed by atoms with Crippen LogP contribution in [-0.4, -0.2) is 15.1 Å². The minimum absolute atomic E-state index is 0.242. The summed E-state index contributed by atoms with van der Waals surface area (Å²) in [4.78, 5) is 7.42. The predicted octanol–water partition coefficient (Wildman–Crippen LogP) is 5.43. The van der Waals surface area contributed by atoms with E-state index in [1.807, 2.05) is 36.4 Å². The fraction of sp³-hybridized carbons (Fsp3) is 0.0952. The largest absolute Gasteiger partial charge is 0.433 e. The summed E-state index contributed by atoms with van der Waals surface area (Å²) in [6.45, 7) is 0.644. The topological polar surface area (TPSA) is 63.8 Å². The Bertz CT molecular complexity index is 1090. The molecule has 0 aliphatic carbocycles. The highest BCUT2D eigenvalue weighted by Crippen LogP contribution is 2.32. The third kappa shape index (κ3) is 4.43. The molecule has 4 rings (SSSR count). The quantitative estimate of drug-likeness (QED) is 0.487. The Hall–Kier alpha value is -3.68. The molecule has 0 atom stereocenters. The summed E-state index contributed by atoms with van der Waals surface area (Å²) in [5.41, 5.74) is 2.60. The third-order valence-electron chi connectivity index (χ3n) is 4.25. The molecule has 0 amide bonds. The Kier molecular flexibility index (Phi) is 4.99. The second-order valence-corrected chi connectivity index (χ2v) is 6.30. The van der Waals surface area contributed by atoms with Gasteiger partial charge in [0.1, 0.15) is 11.4 Å². The van der Waals surface area contributed by atoms with Crippen LogP contribution in [0, 0.1) is 0 Å². The van der Waals surface area contributed by atoms with E-state index in [-0.39, 0.29) is 11.3 Å². The number of nitrogens with one attached hydrogen (secondary N) is 1. The molecule has 0 aliphatic rings. The monoisotopic (exact) mass is 396 g/mol. The van der Waals surface area contributed by atoms with Crippen molar-refractivity contribution < 1.29 is 17.7 Å². The predicted molar refractivity (Wildman–Crippen MR) is 102 cm³/mol. The molecule has 1 aromatic carbocycles. The molecular weight excluding hydrogens is 381 g/mol. The van der Waals surface area contributed by atoms with Crippen molar-refractivity contribution in [3.63, 3.8) is 0 Å². The fourth-order valence-electron chi connectivity index (χ4n) is 2.75. The van der Waals surface area contributed by atoms with E-state index in [0.717, 1.165) is 29.1 Å². The van der Waals surface area contributed by atoms with Crippen molar-refractivity contribution in [2.45, 2.75) is 12.7 Å². The summed E-state index contributed by atoms with van der Waals surface area (Å²) in [7, 11) is 0. The first kappa shape index (κ1) is 18.7. The van der Waals surface area contributed by atoms with Crippen molar-refractivity contribution in [3.8, 4) is 22.6 Å². The second-order valence-electron chi connectivity index (χ2n) is 6.30. The Morgan fingerprint density at radius 1 is 0.931 bits per heavy atom. The van der Waals surface area contributed by atoms with Gasteiger partial charge in [0, 0.05) is 48.0 Å². The van der Waals surface area contributed by atoms with Crippen molar-refractivity contribution in [3.05, 3.63) is 84.4 Å². The van der Waals surface area contributed by atoms with Crippen LogP contribution in [0.2, 0.25) is 0 Å². The molecule has 0 saturated carbocycles. The molecule has 146 valence electrons. The highest BCUT2D eigenvalue weighted by molar-refractivity contribution is 5.68. The minimum Gasteiger partial charge on any atom is -0.381 e. The number of pyridine rings is 2. The third-order valence-corrected chi connectivity index (χ3v) is 4.25. The average Bonchev–Trinajstić information content (AvgIpc) is 3.23. The van der Waals surface area contributed by atoms with Gasteiger partial charge in [-0.15, -0.1) is 0 Å². The van der Waals surface area contributed by atoms with Crippen LogP contribution < -0.4 is 5.32 Å². The maximum Gasteiger partial charge on any atom is 0.433 e. The molecule has 3 heterocycles. The zero-order valence-electron chi connectivity index (χ0n) is 15.0. The summed E-state index contributed by atoms with van der Waals surface area (Å²) < 4.78 is 43.8. The molecule has 0 spiro atoms. The minimum atomic E-state index is -4.52. The van der Waals surface area contributed by atoms with Gasteiger partial charge in [0.2, 0.25) is 0 Å². The summed E-state index contributed by atoms with van der Waals surface area (Å²) in [6.07, 6.45) is 0.0997. The first-order chi connectivity index (χ1) is 14.0. The van der Waals surface area contributed by atoms with Crippen molar-refractivity contribution in [1.29, 1.82) is 0 Å². The van der Waals surface area contributed by atoms with E-state index in [2.05, 4.69) is 20.4 Å². The maximum atomic E-state index is 12.8. The van der Waals surface area contributed by atoms with Gasteiger partial charge in [-0.05, 0) is 35.9 Å². The lowest BCUT2D eigenvalue weighted by molar-refractivity contribution is -0.141. The maximum absolute atomic E-state index is 12.8. The van der Waals surface area contributed by atoms with Gasteiger partial charge in [-0.25, -0.2) is 0 Å². The van der Waals surface area contributed by atoms with E-state index in [1.54, 1.807) is 18.5 Å². The van der Waals surface area contributed by atoms with Gasteiger partial charge in [0.15, 0.2) is 5.76 Å². The molecule has 1 N–H and O–H groups in total. The number of aromatic nitrogens is 3. The summed E-state index contributed by atoms with van der Waals surface area (Å²) in [5.74, 6) is 0.242. The number of hydrogen-bond acceptors (Lipinski definition) is 5. The van der Waals surface area contributed by atoms with E-state index in [1.165, 1.54) is 6.07 Å². The number of alkyl halides is 3. The molecule has 0 bridgehead atoms. The van der Waals surface area contributed by atoms with E-state index in [9.17, 15) is 13.2 Å². The van der Waals surface area contributed by atoms with Crippen LogP contribution in [0.25, 0.3) is 22.6 Å². The molecule has 0 saturated heterocycles. The van der Waals surface area contributed by atoms with Crippen LogP contribution in [0.15, 0.2) is 77.7 Å². The van der Waals surface area contributed by atoms with Gasteiger partial charge < -0.3 is 9.84 Å². The Morgan fingerprint density at radius 2 is 1.76 bits per heavy atom. The summed E-state index contributed by atoms with van der Waals surface area (Å²) in [6, 6.07) is 15.4. The Morgan fingerprint density at radius 3 is 2.48 bits per heavy atom. The average molecular weight is 396 g/mol. The van der Waals surface area contributed by atoms with Crippen molar-refractivity contribution in [2.75, 3.05) is 5.32 Å². The Balaban J connectivity index is 1.48. The number of halogens is 3. The van der Waals surface area contributed by atoms with Crippen LogP contribution in [0.1, 0.15) is 11.3 Å². The van der Waals surface area contributed by atoms with Crippen LogP contribution in [-0.2, 0) is 12.7 Å². The van der Waals surface area contributed by atoms with Crippen molar-refractivity contribution in [1.82, 2.24) is 15.1 Å². The van der Waals surface area contributed by atoms with E-state index < -0.39 is 11.9 Å². The normalized spacial score (nSPS) is 11.4. The molecule has 0 fully saturated rings. The van der Waals surface area contributed by atoms with Gasteiger partial charge >= 0.3 is 6.18 Å². The molecule has 0 aliphatic heterocycles. The molecule has 4 aromatic rings. The first-order valence-corrected chi connectivity index (χ1v) is 8.72. The number of anilines is 1. The van der Waals surface area contributed by atoms with Gasteiger partial charge in [-0.3, -0.25) is 9.97 Å². The highest BCUT2D eigenvalue weighted by atomic mass is 19.4. The SMILES string of the molecule is FC(F)(F)c1cc(-c2cc(-c3ccc(NCc4cccnc4)cc3)no2)ccn1. The molecule has 0 unspecified atom stereocenters. The van der Waals surface area contributed by atoms with Crippen LogP contribution in [0.5, 0.6) is 0 Å². The van der Waals surface area contributed by atoms with Gasteiger partial charge in [-0.2, -0.15) is 13.2 Å². The molecule has 0 radical (unpaired) electrons. The number of hydrogen-bond donors (Lipinski definition) is 1. The zero-order chi connectivity index (χ0) is 20.3. The van der Waals surface area contributed by atoms with E-state index >= 15 is 0 Å². The van der Waals surface area contributed by atoms with Gasteiger partial charge in [0.25, 0.3) is 0 Å². The lowest BCUT2D eigenvalue weighted by Crippen LogP contribution is -2.07. The number of nitrogens with zero attached hydrogens (tertiary/aromatic N) is 3. The Labute approximate surface area is 164 Å². The lowest BCUT2D eigenvalue weighted by Gasteiger charge is -2.06. The van der Waals surface area contributed by atoms with Crippen LogP contribution in [0.3, 0.4) is 0 Å². The van der Waals surface area contributed by atoms with Crippen molar-refractivity contribution >= 4 is 5.69 Å². The standard InChI is InChI=1S/C21H15F3N4O/c22-21(23,24)20-10-16(7-9-26-20)19-11-18(28-29-19)15-3-5-17(6-4-15)27-13-14-2-1-8-25-12-14/h1-12,27H,13H2. The lowest BCUT2D eigenvalue weighted by atomic mass is 10.1. The molecule has 3 aromatic heterocycles. The van der Waals surface area contributed by atoms with Crippen molar-refractivity contribution in [2.24, 2.45) is 0 Å². The van der Waals surface area contributed by atoms with Crippen LogP contribution in [0.4, 0.5) is 18.9 Å².